The maximum atomic E-state index is 5.76. The Bertz CT molecular complexity index is 610. The van der Waals surface area contributed by atoms with Crippen LogP contribution in [0.15, 0.2) is 45.8 Å². The topological polar surface area (TPSA) is 26.0 Å². The van der Waals surface area contributed by atoms with Crippen LogP contribution in [-0.2, 0) is 18.6 Å². The van der Waals surface area contributed by atoms with Crippen molar-refractivity contribution in [3.63, 3.8) is 0 Å². The van der Waals surface area contributed by atoms with Gasteiger partial charge in [0, 0.05) is 20.8 Å². The van der Waals surface area contributed by atoms with Crippen molar-refractivity contribution in [2.75, 3.05) is 5.73 Å². The molecule has 0 radical (unpaired) electrons. The van der Waals surface area contributed by atoms with E-state index in [1.807, 2.05) is 23.9 Å². The molecular formula is C16H16BrNS. The average molecular weight is 334 g/mol. The van der Waals surface area contributed by atoms with Crippen LogP contribution in [0.4, 0.5) is 5.69 Å². The Morgan fingerprint density at radius 3 is 2.74 bits per heavy atom. The van der Waals surface area contributed by atoms with E-state index < -0.39 is 0 Å². The Hall–Kier alpha value is -0.930. The normalized spacial score (nSPS) is 13.5. The number of benzene rings is 2. The number of thioether (sulfide) groups is 1. The van der Waals surface area contributed by atoms with Gasteiger partial charge < -0.3 is 5.73 Å². The number of hydrogen-bond donors (Lipinski definition) is 1. The van der Waals surface area contributed by atoms with Crippen LogP contribution < -0.4 is 5.73 Å². The molecule has 1 aliphatic carbocycles. The molecule has 0 spiro atoms. The highest BCUT2D eigenvalue weighted by atomic mass is 79.9. The molecule has 2 N–H and O–H groups in total. The van der Waals surface area contributed by atoms with E-state index in [4.69, 9.17) is 5.73 Å². The zero-order valence-corrected chi connectivity index (χ0v) is 13.1. The standard InChI is InChI=1S/C16H16BrNS/c17-16-9-14(18)6-4-13(16)10-19-15-7-5-11-2-1-3-12(11)8-15/h4-9H,1-3,10,18H2. The summed E-state index contributed by atoms with van der Waals surface area (Å²) in [5.74, 6) is 0.972. The first-order chi connectivity index (χ1) is 9.22. The molecule has 1 aliphatic rings. The minimum absolute atomic E-state index is 0.804. The highest BCUT2D eigenvalue weighted by Gasteiger charge is 2.11. The van der Waals surface area contributed by atoms with Crippen molar-refractivity contribution in [2.45, 2.75) is 29.9 Å². The van der Waals surface area contributed by atoms with Crippen LogP contribution >= 0.6 is 27.7 Å². The fraction of sp³-hybridized carbons (Fsp3) is 0.250. The number of nitrogen functional groups attached to an aromatic ring is 1. The predicted molar refractivity (Wildman–Crippen MR) is 86.6 cm³/mol. The van der Waals surface area contributed by atoms with Gasteiger partial charge in [-0.1, -0.05) is 28.1 Å². The first-order valence-electron chi connectivity index (χ1n) is 6.51. The van der Waals surface area contributed by atoms with Gasteiger partial charge in [-0.05, 0) is 60.2 Å². The molecule has 19 heavy (non-hydrogen) atoms. The van der Waals surface area contributed by atoms with Gasteiger partial charge in [-0.25, -0.2) is 0 Å². The largest absolute Gasteiger partial charge is 0.399 e. The molecule has 1 nitrogen and oxygen atoms in total. The van der Waals surface area contributed by atoms with Crippen molar-refractivity contribution >= 4 is 33.4 Å². The van der Waals surface area contributed by atoms with Gasteiger partial charge in [-0.15, -0.1) is 11.8 Å². The van der Waals surface area contributed by atoms with Gasteiger partial charge in [-0.3, -0.25) is 0 Å². The molecule has 0 unspecified atom stereocenters. The highest BCUT2D eigenvalue weighted by molar-refractivity contribution is 9.10. The third-order valence-electron chi connectivity index (χ3n) is 3.54. The van der Waals surface area contributed by atoms with Gasteiger partial charge in [-0.2, -0.15) is 0 Å². The van der Waals surface area contributed by atoms with Gasteiger partial charge in [0.1, 0.15) is 0 Å². The Morgan fingerprint density at radius 2 is 1.89 bits per heavy atom. The summed E-state index contributed by atoms with van der Waals surface area (Å²) in [4.78, 5) is 1.37. The van der Waals surface area contributed by atoms with Gasteiger partial charge in [0.05, 0.1) is 0 Å². The molecule has 2 aromatic carbocycles. The molecule has 0 bridgehead atoms. The van der Waals surface area contributed by atoms with Gasteiger partial charge >= 0.3 is 0 Å². The Labute approximate surface area is 126 Å². The molecule has 0 saturated heterocycles. The van der Waals surface area contributed by atoms with Crippen LogP contribution in [0.5, 0.6) is 0 Å². The summed E-state index contributed by atoms with van der Waals surface area (Å²) in [6.45, 7) is 0. The Balaban J connectivity index is 1.72. The lowest BCUT2D eigenvalue weighted by molar-refractivity contribution is 0.911. The van der Waals surface area contributed by atoms with E-state index in [0.717, 1.165) is 15.9 Å². The van der Waals surface area contributed by atoms with Crippen LogP contribution in [0.25, 0.3) is 0 Å². The minimum Gasteiger partial charge on any atom is -0.399 e. The lowest BCUT2D eigenvalue weighted by Crippen LogP contribution is -1.89. The van der Waals surface area contributed by atoms with E-state index in [1.54, 1.807) is 5.56 Å². The van der Waals surface area contributed by atoms with Crippen LogP contribution in [0.1, 0.15) is 23.1 Å². The Kier molecular flexibility index (Phi) is 3.85. The molecule has 0 aliphatic heterocycles. The number of nitrogens with two attached hydrogens (primary N) is 1. The first kappa shape index (κ1) is 13.1. The summed E-state index contributed by atoms with van der Waals surface area (Å²) in [6, 6.07) is 12.9. The van der Waals surface area contributed by atoms with E-state index in [9.17, 15) is 0 Å². The van der Waals surface area contributed by atoms with E-state index in [2.05, 4.69) is 40.2 Å². The maximum Gasteiger partial charge on any atom is 0.0325 e. The van der Waals surface area contributed by atoms with Gasteiger partial charge in [0.25, 0.3) is 0 Å². The van der Waals surface area contributed by atoms with Crippen LogP contribution in [0.3, 0.4) is 0 Å². The van der Waals surface area contributed by atoms with Gasteiger partial charge in [0.2, 0.25) is 0 Å². The van der Waals surface area contributed by atoms with E-state index >= 15 is 0 Å². The SMILES string of the molecule is Nc1ccc(CSc2ccc3c(c2)CCC3)c(Br)c1. The second kappa shape index (κ2) is 5.59. The number of halogens is 1. The van der Waals surface area contributed by atoms with Crippen LogP contribution in [0, 0.1) is 0 Å². The summed E-state index contributed by atoms with van der Waals surface area (Å²) in [7, 11) is 0. The number of rotatable bonds is 3. The molecule has 0 aromatic heterocycles. The molecule has 0 saturated carbocycles. The van der Waals surface area contributed by atoms with Crippen molar-refractivity contribution in [1.82, 2.24) is 0 Å². The lowest BCUT2D eigenvalue weighted by Gasteiger charge is -2.07. The number of hydrogen-bond acceptors (Lipinski definition) is 2. The lowest BCUT2D eigenvalue weighted by atomic mass is 10.1. The molecule has 0 fully saturated rings. The highest BCUT2D eigenvalue weighted by Crippen LogP contribution is 2.31. The molecule has 0 amide bonds. The third-order valence-corrected chi connectivity index (χ3v) is 5.32. The van der Waals surface area contributed by atoms with Crippen molar-refractivity contribution in [2.24, 2.45) is 0 Å². The monoisotopic (exact) mass is 333 g/mol. The fourth-order valence-electron chi connectivity index (χ4n) is 2.48. The number of fused-ring (bicyclic) bond motifs is 1. The van der Waals surface area contributed by atoms with Crippen LogP contribution in [-0.4, -0.2) is 0 Å². The predicted octanol–water partition coefficient (Wildman–Crippen LogP) is 4.81. The molecular weight excluding hydrogens is 318 g/mol. The van der Waals surface area contributed by atoms with Crippen molar-refractivity contribution < 1.29 is 0 Å². The number of aryl methyl sites for hydroxylation is 2. The quantitative estimate of drug-likeness (QED) is 0.644. The van der Waals surface area contributed by atoms with Gasteiger partial charge in [0.15, 0.2) is 0 Å². The minimum atomic E-state index is 0.804. The van der Waals surface area contributed by atoms with E-state index in [-0.39, 0.29) is 0 Å². The van der Waals surface area contributed by atoms with E-state index in [0.29, 0.717) is 0 Å². The molecule has 0 atom stereocenters. The fourth-order valence-corrected chi connectivity index (χ4v) is 4.17. The molecule has 3 rings (SSSR count). The summed E-state index contributed by atoms with van der Waals surface area (Å²) in [5, 5.41) is 0. The molecule has 98 valence electrons. The third kappa shape index (κ3) is 2.98. The Morgan fingerprint density at radius 1 is 1.05 bits per heavy atom. The summed E-state index contributed by atoms with van der Waals surface area (Å²) >= 11 is 5.47. The summed E-state index contributed by atoms with van der Waals surface area (Å²) in [6.07, 6.45) is 3.81. The zero-order valence-electron chi connectivity index (χ0n) is 10.7. The summed E-state index contributed by atoms with van der Waals surface area (Å²) in [5.41, 5.74) is 10.9. The average Bonchev–Trinajstić information content (AvgIpc) is 2.85. The maximum absolute atomic E-state index is 5.76. The smallest absolute Gasteiger partial charge is 0.0325 e. The number of anilines is 1. The second-order valence-corrected chi connectivity index (χ2v) is 6.83. The molecule has 0 heterocycles. The van der Waals surface area contributed by atoms with E-state index in [1.165, 1.54) is 35.3 Å². The first-order valence-corrected chi connectivity index (χ1v) is 8.29. The molecule has 3 heteroatoms. The zero-order chi connectivity index (χ0) is 13.2. The second-order valence-electron chi connectivity index (χ2n) is 4.92. The van der Waals surface area contributed by atoms with Crippen molar-refractivity contribution in [3.05, 3.63) is 57.6 Å². The summed E-state index contributed by atoms with van der Waals surface area (Å²) < 4.78 is 1.10. The van der Waals surface area contributed by atoms with Crippen molar-refractivity contribution in [1.29, 1.82) is 0 Å². The van der Waals surface area contributed by atoms with Crippen molar-refractivity contribution in [3.8, 4) is 0 Å². The molecule has 2 aromatic rings. The van der Waals surface area contributed by atoms with Crippen LogP contribution in [0.2, 0.25) is 0 Å².